The third-order valence-corrected chi connectivity index (χ3v) is 8.21. The monoisotopic (exact) mass is 487 g/mol. The first-order valence-electron chi connectivity index (χ1n) is 13.1. The number of hydrogen-bond acceptors (Lipinski definition) is 2. The summed E-state index contributed by atoms with van der Waals surface area (Å²) in [6.07, 6.45) is 0. The number of hydrogen-bond donors (Lipinski definition) is 0. The molecule has 8 rings (SSSR count). The lowest BCUT2D eigenvalue weighted by Gasteiger charge is -2.21. The Balaban J connectivity index is 1.49. The van der Waals surface area contributed by atoms with Gasteiger partial charge in [-0.1, -0.05) is 105 Å². The Morgan fingerprint density at radius 1 is 0.553 bits per heavy atom. The van der Waals surface area contributed by atoms with E-state index in [1.807, 2.05) is 12.1 Å². The predicted molar refractivity (Wildman–Crippen MR) is 157 cm³/mol. The van der Waals surface area contributed by atoms with Crippen molar-refractivity contribution >= 4 is 32.7 Å². The largest absolute Gasteiger partial charge is 0.278 e. The van der Waals surface area contributed by atoms with Crippen LogP contribution in [0.2, 0.25) is 0 Å². The average molecular weight is 488 g/mol. The van der Waals surface area contributed by atoms with Gasteiger partial charge in [-0.05, 0) is 46.5 Å². The summed E-state index contributed by atoms with van der Waals surface area (Å²) in [6.45, 7) is 4.66. The lowest BCUT2D eigenvalue weighted by Crippen LogP contribution is -2.15. The highest BCUT2D eigenvalue weighted by molar-refractivity contribution is 6.11. The minimum absolute atomic E-state index is 0.0825. The summed E-state index contributed by atoms with van der Waals surface area (Å²) in [5.74, 6) is 0.696. The molecule has 2 aromatic heterocycles. The van der Waals surface area contributed by atoms with Gasteiger partial charge < -0.3 is 0 Å². The highest BCUT2D eigenvalue weighted by Crippen LogP contribution is 2.50. The van der Waals surface area contributed by atoms with Gasteiger partial charge in [0, 0.05) is 27.1 Å². The molecule has 2 heterocycles. The maximum atomic E-state index is 5.24. The molecule has 0 aliphatic heterocycles. The van der Waals surface area contributed by atoms with Crippen LogP contribution in [0, 0.1) is 0 Å². The second-order valence-corrected chi connectivity index (χ2v) is 10.7. The van der Waals surface area contributed by atoms with Crippen molar-refractivity contribution in [1.82, 2.24) is 14.5 Å². The van der Waals surface area contributed by atoms with E-state index >= 15 is 0 Å². The first-order chi connectivity index (χ1) is 18.6. The van der Waals surface area contributed by atoms with Crippen molar-refractivity contribution in [2.24, 2.45) is 0 Å². The van der Waals surface area contributed by atoms with Gasteiger partial charge in [0.15, 0.2) is 0 Å². The van der Waals surface area contributed by atoms with E-state index in [-0.39, 0.29) is 5.41 Å². The molecule has 3 heteroatoms. The van der Waals surface area contributed by atoms with E-state index in [2.05, 4.69) is 122 Å². The summed E-state index contributed by atoms with van der Waals surface area (Å²) in [7, 11) is 0. The average Bonchev–Trinajstić information content (AvgIpc) is 3.41. The highest BCUT2D eigenvalue weighted by Gasteiger charge is 2.36. The Hall–Kier alpha value is -4.76. The SMILES string of the molecule is CC1(C)c2ccccc2-c2cc3c4ccccc4n(-c4nc(-c5ccccc5)c5ccccc5n4)c3cc21. The fraction of sp³-hybridized carbons (Fsp3) is 0.0857. The van der Waals surface area contributed by atoms with Gasteiger partial charge in [-0.3, -0.25) is 4.57 Å². The van der Waals surface area contributed by atoms with E-state index in [1.165, 1.54) is 33.0 Å². The smallest absolute Gasteiger partial charge is 0.235 e. The van der Waals surface area contributed by atoms with Crippen molar-refractivity contribution in [2.75, 3.05) is 0 Å². The summed E-state index contributed by atoms with van der Waals surface area (Å²) in [5.41, 5.74) is 10.5. The van der Waals surface area contributed by atoms with Crippen molar-refractivity contribution in [1.29, 1.82) is 0 Å². The Kier molecular flexibility index (Phi) is 4.28. The number of rotatable bonds is 2. The van der Waals surface area contributed by atoms with E-state index in [4.69, 9.17) is 9.97 Å². The summed E-state index contributed by atoms with van der Waals surface area (Å²) in [6, 6.07) is 40.9. The molecule has 0 unspecified atom stereocenters. The normalized spacial score (nSPS) is 13.7. The molecule has 0 bridgehead atoms. The number of benzene rings is 5. The molecule has 0 fully saturated rings. The van der Waals surface area contributed by atoms with Crippen LogP contribution in [0.5, 0.6) is 0 Å². The maximum Gasteiger partial charge on any atom is 0.235 e. The first-order valence-corrected chi connectivity index (χ1v) is 13.1. The van der Waals surface area contributed by atoms with Crippen molar-refractivity contribution in [3.05, 3.63) is 126 Å². The highest BCUT2D eigenvalue weighted by atomic mass is 15.2. The predicted octanol–water partition coefficient (Wildman–Crippen LogP) is 8.70. The Morgan fingerprint density at radius 3 is 2.13 bits per heavy atom. The van der Waals surface area contributed by atoms with Gasteiger partial charge in [-0.25, -0.2) is 9.97 Å². The number of fused-ring (bicyclic) bond motifs is 7. The van der Waals surface area contributed by atoms with Gasteiger partial charge in [0.1, 0.15) is 0 Å². The maximum absolute atomic E-state index is 5.24. The van der Waals surface area contributed by atoms with Crippen LogP contribution in [-0.4, -0.2) is 14.5 Å². The van der Waals surface area contributed by atoms with Crippen LogP contribution in [0.25, 0.3) is 61.0 Å². The van der Waals surface area contributed by atoms with E-state index in [9.17, 15) is 0 Å². The molecular formula is C35H25N3. The van der Waals surface area contributed by atoms with Crippen molar-refractivity contribution in [3.8, 4) is 28.3 Å². The Bertz CT molecular complexity index is 2050. The zero-order valence-electron chi connectivity index (χ0n) is 21.3. The van der Waals surface area contributed by atoms with Crippen molar-refractivity contribution < 1.29 is 0 Å². The molecule has 0 spiro atoms. The summed E-state index contributed by atoms with van der Waals surface area (Å²) < 4.78 is 2.25. The van der Waals surface area contributed by atoms with Gasteiger partial charge in [0.05, 0.1) is 22.2 Å². The van der Waals surface area contributed by atoms with Crippen LogP contribution >= 0.6 is 0 Å². The van der Waals surface area contributed by atoms with Gasteiger partial charge >= 0.3 is 0 Å². The molecule has 0 atom stereocenters. The van der Waals surface area contributed by atoms with Crippen LogP contribution in [-0.2, 0) is 5.41 Å². The van der Waals surface area contributed by atoms with Gasteiger partial charge in [0.25, 0.3) is 0 Å². The van der Waals surface area contributed by atoms with E-state index in [1.54, 1.807) is 0 Å². The molecule has 180 valence electrons. The fourth-order valence-corrected chi connectivity index (χ4v) is 6.36. The molecule has 3 nitrogen and oxygen atoms in total. The van der Waals surface area contributed by atoms with Crippen molar-refractivity contribution in [3.63, 3.8) is 0 Å². The molecule has 0 saturated carbocycles. The third-order valence-electron chi connectivity index (χ3n) is 8.21. The molecule has 1 aliphatic rings. The van der Waals surface area contributed by atoms with Gasteiger partial charge in [0.2, 0.25) is 5.95 Å². The second kappa shape index (κ2) is 7.62. The summed E-state index contributed by atoms with van der Waals surface area (Å²) in [4.78, 5) is 10.4. The lowest BCUT2D eigenvalue weighted by molar-refractivity contribution is 0.661. The Morgan fingerprint density at radius 2 is 1.26 bits per heavy atom. The standard InChI is InChI=1S/C35H25N3/c1-35(2)28-17-9-6-14-23(28)26-20-27-24-15-8-11-19-31(24)38(32(27)21-29(26)35)34-36-30-18-10-7-16-25(30)33(37-34)22-12-4-3-5-13-22/h3-21H,1-2H3. The lowest BCUT2D eigenvalue weighted by atomic mass is 9.82. The molecule has 38 heavy (non-hydrogen) atoms. The van der Waals surface area contributed by atoms with Crippen molar-refractivity contribution in [2.45, 2.75) is 19.3 Å². The van der Waals surface area contributed by atoms with Crippen LogP contribution in [0.1, 0.15) is 25.0 Å². The molecule has 7 aromatic rings. The molecule has 0 N–H and O–H groups in total. The summed E-state index contributed by atoms with van der Waals surface area (Å²) >= 11 is 0. The molecular weight excluding hydrogens is 462 g/mol. The van der Waals surface area contributed by atoms with Crippen LogP contribution in [0.15, 0.2) is 115 Å². The van der Waals surface area contributed by atoms with Crippen LogP contribution in [0.4, 0.5) is 0 Å². The molecule has 0 amide bonds. The third kappa shape index (κ3) is 2.84. The summed E-state index contributed by atoms with van der Waals surface area (Å²) in [5, 5.41) is 3.50. The van der Waals surface area contributed by atoms with Crippen LogP contribution < -0.4 is 0 Å². The molecule has 5 aromatic carbocycles. The molecule has 1 aliphatic carbocycles. The topological polar surface area (TPSA) is 30.7 Å². The number of nitrogens with zero attached hydrogens (tertiary/aromatic N) is 3. The van der Waals surface area contributed by atoms with Gasteiger partial charge in [-0.2, -0.15) is 0 Å². The van der Waals surface area contributed by atoms with E-state index < -0.39 is 0 Å². The number of para-hydroxylation sites is 2. The first kappa shape index (κ1) is 21.3. The minimum Gasteiger partial charge on any atom is -0.278 e. The minimum atomic E-state index is -0.0825. The van der Waals surface area contributed by atoms with Crippen LogP contribution in [0.3, 0.4) is 0 Å². The van der Waals surface area contributed by atoms with E-state index in [0.29, 0.717) is 5.95 Å². The fourth-order valence-electron chi connectivity index (χ4n) is 6.36. The second-order valence-electron chi connectivity index (χ2n) is 10.7. The number of aromatic nitrogens is 3. The van der Waals surface area contributed by atoms with E-state index in [0.717, 1.165) is 33.2 Å². The zero-order valence-corrected chi connectivity index (χ0v) is 21.3. The molecule has 0 saturated heterocycles. The quantitative estimate of drug-likeness (QED) is 0.244. The molecule has 0 radical (unpaired) electrons. The van der Waals surface area contributed by atoms with Gasteiger partial charge in [-0.15, -0.1) is 0 Å². The zero-order chi connectivity index (χ0) is 25.4. The Labute approximate surface area is 221 Å².